The number of carbonyl (C=O) groups is 1. The first-order valence-corrected chi connectivity index (χ1v) is 7.21. The van der Waals surface area contributed by atoms with E-state index in [1.165, 1.54) is 12.8 Å². The van der Waals surface area contributed by atoms with E-state index in [0.29, 0.717) is 6.42 Å². The van der Waals surface area contributed by atoms with Crippen LogP contribution in [-0.4, -0.2) is 33.9 Å². The predicted octanol–water partition coefficient (Wildman–Crippen LogP) is 1.80. The standard InChI is InChI=1S/C15H19N3O2/c19-14(18-7-3-1-2-4-8-18)10-11-5-6-12-13(9-11)17-15(20)16-12/h5-6,9H,1-4,7-8,10H2,(H2,16,17,20). The first-order valence-electron chi connectivity index (χ1n) is 7.21. The number of rotatable bonds is 2. The van der Waals surface area contributed by atoms with Crippen LogP contribution in [0.25, 0.3) is 11.0 Å². The van der Waals surface area contributed by atoms with Crippen LogP contribution < -0.4 is 5.69 Å². The second kappa shape index (κ2) is 5.53. The van der Waals surface area contributed by atoms with E-state index in [1.54, 1.807) is 0 Å². The lowest BCUT2D eigenvalue weighted by Crippen LogP contribution is -2.33. The van der Waals surface area contributed by atoms with Gasteiger partial charge in [0.15, 0.2) is 0 Å². The highest BCUT2D eigenvalue weighted by Gasteiger charge is 2.16. The second-order valence-corrected chi connectivity index (χ2v) is 5.43. The average Bonchev–Trinajstić information content (AvgIpc) is 2.64. The summed E-state index contributed by atoms with van der Waals surface area (Å²) in [5.74, 6) is 0.184. The first-order chi connectivity index (χ1) is 9.72. The lowest BCUT2D eigenvalue weighted by atomic mass is 10.1. The largest absolute Gasteiger partial charge is 0.342 e. The number of benzene rings is 1. The fourth-order valence-electron chi connectivity index (χ4n) is 2.80. The number of carbonyl (C=O) groups excluding carboxylic acids is 1. The van der Waals surface area contributed by atoms with Crippen molar-refractivity contribution in [3.63, 3.8) is 0 Å². The topological polar surface area (TPSA) is 69.0 Å². The van der Waals surface area contributed by atoms with E-state index < -0.39 is 0 Å². The fraction of sp³-hybridized carbons (Fsp3) is 0.467. The molecule has 0 saturated carbocycles. The molecule has 1 aliphatic rings. The van der Waals surface area contributed by atoms with Gasteiger partial charge >= 0.3 is 5.69 Å². The maximum atomic E-state index is 12.3. The zero-order valence-electron chi connectivity index (χ0n) is 11.4. The fourth-order valence-corrected chi connectivity index (χ4v) is 2.80. The smallest absolute Gasteiger partial charge is 0.323 e. The van der Waals surface area contributed by atoms with Crippen molar-refractivity contribution in [2.75, 3.05) is 13.1 Å². The molecule has 1 aromatic carbocycles. The van der Waals surface area contributed by atoms with Gasteiger partial charge in [0.1, 0.15) is 0 Å². The summed E-state index contributed by atoms with van der Waals surface area (Å²) in [6, 6.07) is 5.63. The minimum atomic E-state index is -0.212. The Bertz CT molecular complexity index is 663. The molecule has 1 amide bonds. The highest BCUT2D eigenvalue weighted by atomic mass is 16.2. The van der Waals surface area contributed by atoms with Crippen molar-refractivity contribution in [3.8, 4) is 0 Å². The number of nitrogens with one attached hydrogen (secondary N) is 2. The quantitative estimate of drug-likeness (QED) is 0.876. The van der Waals surface area contributed by atoms with Crippen LogP contribution >= 0.6 is 0 Å². The van der Waals surface area contributed by atoms with Crippen LogP contribution in [0.5, 0.6) is 0 Å². The van der Waals surface area contributed by atoms with Gasteiger partial charge in [-0.1, -0.05) is 18.9 Å². The molecule has 0 bridgehead atoms. The number of aromatic amines is 2. The van der Waals surface area contributed by atoms with Crippen LogP contribution in [0.15, 0.2) is 23.0 Å². The predicted molar refractivity (Wildman–Crippen MR) is 77.7 cm³/mol. The number of likely N-dealkylation sites (tertiary alicyclic amines) is 1. The summed E-state index contributed by atoms with van der Waals surface area (Å²) in [5.41, 5.74) is 2.27. The van der Waals surface area contributed by atoms with E-state index >= 15 is 0 Å². The zero-order chi connectivity index (χ0) is 13.9. The third-order valence-corrected chi connectivity index (χ3v) is 3.89. The van der Waals surface area contributed by atoms with Gasteiger partial charge in [0.2, 0.25) is 5.91 Å². The first kappa shape index (κ1) is 13.0. The summed E-state index contributed by atoms with van der Waals surface area (Å²) >= 11 is 0. The van der Waals surface area contributed by atoms with Crippen molar-refractivity contribution in [1.29, 1.82) is 0 Å². The number of fused-ring (bicyclic) bond motifs is 1. The number of nitrogens with zero attached hydrogens (tertiary/aromatic N) is 1. The molecule has 0 radical (unpaired) electrons. The third-order valence-electron chi connectivity index (χ3n) is 3.89. The van der Waals surface area contributed by atoms with Crippen molar-refractivity contribution >= 4 is 16.9 Å². The van der Waals surface area contributed by atoms with Gasteiger partial charge < -0.3 is 14.9 Å². The Kier molecular flexibility index (Phi) is 3.58. The average molecular weight is 273 g/mol. The summed E-state index contributed by atoms with van der Waals surface area (Å²) in [4.78, 5) is 30.9. The molecule has 5 heteroatoms. The molecule has 2 N–H and O–H groups in total. The van der Waals surface area contributed by atoms with Crippen molar-refractivity contribution in [3.05, 3.63) is 34.2 Å². The summed E-state index contributed by atoms with van der Waals surface area (Å²) in [6.07, 6.45) is 5.07. The number of hydrogen-bond acceptors (Lipinski definition) is 2. The molecule has 2 aromatic rings. The molecule has 1 aliphatic heterocycles. The second-order valence-electron chi connectivity index (χ2n) is 5.43. The van der Waals surface area contributed by atoms with Gasteiger partial charge in [0.05, 0.1) is 17.5 Å². The Labute approximate surface area is 117 Å². The van der Waals surface area contributed by atoms with Gasteiger partial charge in [0.25, 0.3) is 0 Å². The van der Waals surface area contributed by atoms with Gasteiger partial charge in [-0.3, -0.25) is 4.79 Å². The molecule has 0 aliphatic carbocycles. The minimum absolute atomic E-state index is 0.184. The van der Waals surface area contributed by atoms with Crippen molar-refractivity contribution in [2.24, 2.45) is 0 Å². The van der Waals surface area contributed by atoms with Crippen molar-refractivity contribution in [1.82, 2.24) is 14.9 Å². The summed E-state index contributed by atoms with van der Waals surface area (Å²) in [7, 11) is 0. The lowest BCUT2D eigenvalue weighted by molar-refractivity contribution is -0.130. The van der Waals surface area contributed by atoms with Crippen LogP contribution in [0.3, 0.4) is 0 Å². The minimum Gasteiger partial charge on any atom is -0.342 e. The van der Waals surface area contributed by atoms with Gasteiger partial charge in [0, 0.05) is 13.1 Å². The van der Waals surface area contributed by atoms with Crippen molar-refractivity contribution < 1.29 is 4.79 Å². The highest BCUT2D eigenvalue weighted by Crippen LogP contribution is 2.14. The molecule has 0 unspecified atom stereocenters. The van der Waals surface area contributed by atoms with Gasteiger partial charge in [-0.15, -0.1) is 0 Å². The molecule has 2 heterocycles. The molecule has 1 fully saturated rings. The maximum absolute atomic E-state index is 12.3. The summed E-state index contributed by atoms with van der Waals surface area (Å²) in [5, 5.41) is 0. The van der Waals surface area contributed by atoms with Gasteiger partial charge in [-0.25, -0.2) is 4.79 Å². The molecule has 106 valence electrons. The molecule has 1 saturated heterocycles. The Morgan fingerprint density at radius 3 is 2.50 bits per heavy atom. The number of aromatic nitrogens is 2. The maximum Gasteiger partial charge on any atom is 0.323 e. The molecular weight excluding hydrogens is 254 g/mol. The molecule has 0 atom stereocenters. The Balaban J connectivity index is 1.74. The molecule has 5 nitrogen and oxygen atoms in total. The van der Waals surface area contributed by atoms with E-state index in [0.717, 1.165) is 42.5 Å². The van der Waals surface area contributed by atoms with Crippen LogP contribution in [0.2, 0.25) is 0 Å². The van der Waals surface area contributed by atoms with Gasteiger partial charge in [-0.05, 0) is 30.5 Å². The normalized spacial score (nSPS) is 16.3. The Morgan fingerprint density at radius 1 is 1.05 bits per heavy atom. The Morgan fingerprint density at radius 2 is 1.75 bits per heavy atom. The monoisotopic (exact) mass is 273 g/mol. The zero-order valence-corrected chi connectivity index (χ0v) is 11.4. The van der Waals surface area contributed by atoms with Crippen LogP contribution in [0.4, 0.5) is 0 Å². The van der Waals surface area contributed by atoms with Crippen molar-refractivity contribution in [2.45, 2.75) is 32.1 Å². The number of imidazole rings is 1. The van der Waals surface area contributed by atoms with Crippen LogP contribution in [0.1, 0.15) is 31.2 Å². The Hall–Kier alpha value is -2.04. The van der Waals surface area contributed by atoms with E-state index in [4.69, 9.17) is 0 Å². The summed E-state index contributed by atoms with van der Waals surface area (Å²) in [6.45, 7) is 1.75. The molecule has 3 rings (SSSR count). The summed E-state index contributed by atoms with van der Waals surface area (Å²) < 4.78 is 0. The molecule has 20 heavy (non-hydrogen) atoms. The van der Waals surface area contributed by atoms with Crippen LogP contribution in [-0.2, 0) is 11.2 Å². The van der Waals surface area contributed by atoms with E-state index in [9.17, 15) is 9.59 Å². The van der Waals surface area contributed by atoms with Gasteiger partial charge in [-0.2, -0.15) is 0 Å². The highest BCUT2D eigenvalue weighted by molar-refractivity contribution is 5.81. The molecule has 0 spiro atoms. The number of H-pyrrole nitrogens is 2. The molecule has 1 aromatic heterocycles. The van der Waals surface area contributed by atoms with E-state index in [-0.39, 0.29) is 11.6 Å². The number of amides is 1. The number of hydrogen-bond donors (Lipinski definition) is 2. The molecular formula is C15H19N3O2. The SMILES string of the molecule is O=C(Cc1ccc2[nH]c(=O)[nH]c2c1)N1CCCCCC1. The van der Waals surface area contributed by atoms with E-state index in [1.807, 2.05) is 23.1 Å². The third kappa shape index (κ3) is 2.76. The van der Waals surface area contributed by atoms with E-state index in [2.05, 4.69) is 9.97 Å². The lowest BCUT2D eigenvalue weighted by Gasteiger charge is -2.20. The van der Waals surface area contributed by atoms with Crippen LogP contribution in [0, 0.1) is 0 Å².